The Hall–Kier alpha value is -0.970. The highest BCUT2D eigenvalue weighted by molar-refractivity contribution is 7.17. The van der Waals surface area contributed by atoms with Crippen LogP contribution < -0.4 is 5.32 Å². The molecule has 1 unspecified atom stereocenters. The van der Waals surface area contributed by atoms with Crippen molar-refractivity contribution in [3.63, 3.8) is 0 Å². The first-order valence-electron chi connectivity index (χ1n) is 7.19. The van der Waals surface area contributed by atoms with Crippen molar-refractivity contribution in [2.75, 3.05) is 13.2 Å². The molecule has 110 valence electrons. The van der Waals surface area contributed by atoms with E-state index in [4.69, 9.17) is 5.11 Å². The highest BCUT2D eigenvalue weighted by Gasteiger charge is 2.18. The minimum absolute atomic E-state index is 0.206. The van der Waals surface area contributed by atoms with Crippen molar-refractivity contribution in [1.82, 2.24) is 10.3 Å². The van der Waals surface area contributed by atoms with Crippen LogP contribution in [0.2, 0.25) is 0 Å². The number of nitrogens with one attached hydrogen (secondary N) is 1. The minimum atomic E-state index is 0.206. The largest absolute Gasteiger partial charge is 0.396 e. The summed E-state index contributed by atoms with van der Waals surface area (Å²) in [5, 5.41) is 14.6. The van der Waals surface area contributed by atoms with Crippen LogP contribution in [-0.4, -0.2) is 23.2 Å². The van der Waals surface area contributed by atoms with Gasteiger partial charge in [0.25, 0.3) is 0 Å². The zero-order valence-electron chi connectivity index (χ0n) is 12.5. The standard InChI is InChI=1S/C16H24N2OS/c1-12(18-11-16(2,3)6-4-7-19)13-9-15-14(17-10-13)5-8-20-15/h5,8-10,12,18-19H,4,6-7,11H2,1-3H3. The lowest BCUT2D eigenvalue weighted by atomic mass is 9.87. The van der Waals surface area contributed by atoms with Gasteiger partial charge in [0.15, 0.2) is 0 Å². The van der Waals surface area contributed by atoms with Crippen LogP contribution in [0.3, 0.4) is 0 Å². The van der Waals surface area contributed by atoms with E-state index < -0.39 is 0 Å². The molecule has 0 saturated carbocycles. The summed E-state index contributed by atoms with van der Waals surface area (Å²) < 4.78 is 1.25. The molecule has 0 saturated heterocycles. The van der Waals surface area contributed by atoms with E-state index in [0.717, 1.165) is 24.9 Å². The molecule has 2 rings (SSSR count). The number of nitrogens with zero attached hydrogens (tertiary/aromatic N) is 1. The highest BCUT2D eigenvalue weighted by Crippen LogP contribution is 2.25. The fourth-order valence-corrected chi connectivity index (χ4v) is 3.08. The molecular weight excluding hydrogens is 268 g/mol. The zero-order valence-corrected chi connectivity index (χ0v) is 13.3. The Labute approximate surface area is 125 Å². The monoisotopic (exact) mass is 292 g/mol. The molecule has 2 heterocycles. The summed E-state index contributed by atoms with van der Waals surface area (Å²) in [4.78, 5) is 4.49. The van der Waals surface area contributed by atoms with Crippen LogP contribution in [0.25, 0.3) is 10.2 Å². The normalized spacial score (nSPS) is 13.8. The summed E-state index contributed by atoms with van der Waals surface area (Å²) in [5.74, 6) is 0. The number of aliphatic hydroxyl groups excluding tert-OH is 1. The number of rotatable bonds is 7. The van der Waals surface area contributed by atoms with Gasteiger partial charge in [-0.15, -0.1) is 11.3 Å². The van der Waals surface area contributed by atoms with Crippen molar-refractivity contribution in [2.24, 2.45) is 5.41 Å². The molecule has 0 aliphatic carbocycles. The third-order valence-electron chi connectivity index (χ3n) is 3.72. The molecule has 3 nitrogen and oxygen atoms in total. The number of thiophene rings is 1. The van der Waals surface area contributed by atoms with Crippen LogP contribution in [0.1, 0.15) is 45.2 Å². The summed E-state index contributed by atoms with van der Waals surface area (Å²) in [6.07, 6.45) is 3.87. The number of pyridine rings is 1. The van der Waals surface area contributed by atoms with Gasteiger partial charge in [-0.3, -0.25) is 4.98 Å². The maximum Gasteiger partial charge on any atom is 0.0809 e. The second kappa shape index (κ2) is 6.66. The first kappa shape index (κ1) is 15.4. The van der Waals surface area contributed by atoms with Gasteiger partial charge in [-0.05, 0) is 48.3 Å². The lowest BCUT2D eigenvalue weighted by Crippen LogP contribution is -2.31. The van der Waals surface area contributed by atoms with Gasteiger partial charge in [0.1, 0.15) is 0 Å². The van der Waals surface area contributed by atoms with Crippen molar-refractivity contribution in [3.05, 3.63) is 29.3 Å². The molecule has 20 heavy (non-hydrogen) atoms. The topological polar surface area (TPSA) is 45.1 Å². The van der Waals surface area contributed by atoms with Crippen LogP contribution in [0.4, 0.5) is 0 Å². The molecule has 0 aromatic carbocycles. The first-order valence-corrected chi connectivity index (χ1v) is 8.07. The van der Waals surface area contributed by atoms with Crippen LogP contribution >= 0.6 is 11.3 Å². The van der Waals surface area contributed by atoms with Gasteiger partial charge in [0.05, 0.1) is 10.2 Å². The van der Waals surface area contributed by atoms with Gasteiger partial charge in [0, 0.05) is 25.4 Å². The predicted octanol–water partition coefficient (Wildman–Crippen LogP) is 3.75. The quantitative estimate of drug-likeness (QED) is 0.817. The number of aliphatic hydroxyl groups is 1. The minimum Gasteiger partial charge on any atom is -0.396 e. The van der Waals surface area contributed by atoms with Gasteiger partial charge >= 0.3 is 0 Å². The Morgan fingerprint density at radius 1 is 1.45 bits per heavy atom. The predicted molar refractivity (Wildman–Crippen MR) is 86.1 cm³/mol. The molecule has 0 radical (unpaired) electrons. The van der Waals surface area contributed by atoms with E-state index in [2.05, 4.69) is 48.6 Å². The third-order valence-corrected chi connectivity index (χ3v) is 4.58. The number of aromatic nitrogens is 1. The van der Waals surface area contributed by atoms with E-state index in [0.29, 0.717) is 6.04 Å². The molecule has 2 aromatic rings. The molecule has 0 amide bonds. The van der Waals surface area contributed by atoms with Crippen LogP contribution in [0.15, 0.2) is 23.7 Å². The average molecular weight is 292 g/mol. The zero-order chi connectivity index (χ0) is 14.6. The van der Waals surface area contributed by atoms with E-state index in [-0.39, 0.29) is 12.0 Å². The van der Waals surface area contributed by atoms with E-state index in [1.807, 2.05) is 6.20 Å². The number of hydrogen-bond acceptors (Lipinski definition) is 4. The van der Waals surface area contributed by atoms with Crippen molar-refractivity contribution >= 4 is 21.6 Å². The van der Waals surface area contributed by atoms with Crippen molar-refractivity contribution in [1.29, 1.82) is 0 Å². The highest BCUT2D eigenvalue weighted by atomic mass is 32.1. The van der Waals surface area contributed by atoms with Gasteiger partial charge in [-0.25, -0.2) is 0 Å². The third kappa shape index (κ3) is 4.01. The maximum atomic E-state index is 8.94. The molecule has 0 aliphatic rings. The SMILES string of the molecule is CC(NCC(C)(C)CCCO)c1cnc2ccsc2c1. The molecule has 4 heteroatoms. The van der Waals surface area contributed by atoms with Crippen molar-refractivity contribution in [2.45, 2.75) is 39.7 Å². The van der Waals surface area contributed by atoms with E-state index in [9.17, 15) is 0 Å². The summed E-state index contributed by atoms with van der Waals surface area (Å²) in [6.45, 7) is 7.87. The van der Waals surface area contributed by atoms with E-state index in [1.165, 1.54) is 10.3 Å². The Balaban J connectivity index is 1.95. The Morgan fingerprint density at radius 2 is 2.25 bits per heavy atom. The number of hydrogen-bond donors (Lipinski definition) is 2. The molecule has 2 N–H and O–H groups in total. The van der Waals surface area contributed by atoms with Gasteiger partial charge < -0.3 is 10.4 Å². The molecular formula is C16H24N2OS. The Morgan fingerprint density at radius 3 is 3.00 bits per heavy atom. The van der Waals surface area contributed by atoms with Crippen molar-refractivity contribution in [3.8, 4) is 0 Å². The molecule has 0 spiro atoms. The van der Waals surface area contributed by atoms with Gasteiger partial charge in [-0.1, -0.05) is 13.8 Å². The van der Waals surface area contributed by atoms with Gasteiger partial charge in [-0.2, -0.15) is 0 Å². The summed E-state index contributed by atoms with van der Waals surface area (Å²) >= 11 is 1.74. The first-order chi connectivity index (χ1) is 9.52. The van der Waals surface area contributed by atoms with Crippen LogP contribution in [0.5, 0.6) is 0 Å². The van der Waals surface area contributed by atoms with Crippen LogP contribution in [0, 0.1) is 5.41 Å². The van der Waals surface area contributed by atoms with Crippen LogP contribution in [-0.2, 0) is 0 Å². The smallest absolute Gasteiger partial charge is 0.0809 e. The molecule has 1 atom stereocenters. The Bertz CT molecular complexity index is 550. The second-order valence-corrected chi connectivity index (χ2v) is 7.11. The molecule has 0 fully saturated rings. The van der Waals surface area contributed by atoms with Crippen molar-refractivity contribution < 1.29 is 5.11 Å². The summed E-state index contributed by atoms with van der Waals surface area (Å²) in [6, 6.07) is 4.58. The maximum absolute atomic E-state index is 8.94. The van der Waals surface area contributed by atoms with E-state index >= 15 is 0 Å². The fourth-order valence-electron chi connectivity index (χ4n) is 2.29. The molecule has 0 aliphatic heterocycles. The van der Waals surface area contributed by atoms with Gasteiger partial charge in [0.2, 0.25) is 0 Å². The lowest BCUT2D eigenvalue weighted by Gasteiger charge is -2.27. The molecule has 0 bridgehead atoms. The fraction of sp³-hybridized carbons (Fsp3) is 0.562. The number of fused-ring (bicyclic) bond motifs is 1. The molecule has 2 aromatic heterocycles. The summed E-state index contributed by atoms with van der Waals surface area (Å²) in [5.41, 5.74) is 2.52. The summed E-state index contributed by atoms with van der Waals surface area (Å²) in [7, 11) is 0. The van der Waals surface area contributed by atoms with E-state index in [1.54, 1.807) is 11.3 Å². The second-order valence-electron chi connectivity index (χ2n) is 6.17. The lowest BCUT2D eigenvalue weighted by molar-refractivity contribution is 0.233. The Kier molecular flexibility index (Phi) is 5.13. The average Bonchev–Trinajstić information content (AvgIpc) is 2.90.